The van der Waals surface area contributed by atoms with Crippen molar-refractivity contribution in [2.45, 2.75) is 18.0 Å². The van der Waals surface area contributed by atoms with Crippen LogP contribution in [0.15, 0.2) is 9.63 Å². The highest BCUT2D eigenvalue weighted by atomic mass is 79.9. The van der Waals surface area contributed by atoms with Gasteiger partial charge in [-0.05, 0) is 29.1 Å². The van der Waals surface area contributed by atoms with Gasteiger partial charge in [-0.3, -0.25) is 0 Å². The Bertz CT molecular complexity index is 439. The van der Waals surface area contributed by atoms with E-state index in [0.29, 0.717) is 5.75 Å². The number of sulfonamides is 1. The van der Waals surface area contributed by atoms with Crippen LogP contribution in [0.1, 0.15) is 6.92 Å². The number of rotatable bonds is 5. The fraction of sp³-hybridized carbons (Fsp3) is 0.714. The Balaban J connectivity index is 2.95. The lowest BCUT2D eigenvalue weighted by molar-refractivity contribution is 0.551. The van der Waals surface area contributed by atoms with Crippen molar-refractivity contribution in [3.05, 3.63) is 4.60 Å². The lowest BCUT2D eigenvalue weighted by Gasteiger charge is -2.12. The molecule has 16 heavy (non-hydrogen) atoms. The lowest BCUT2D eigenvalue weighted by atomic mass is 10.4. The molecule has 0 aliphatic heterocycles. The minimum Gasteiger partial charge on any atom is -0.235 e. The zero-order valence-corrected chi connectivity index (χ0v) is 12.4. The molecule has 1 aromatic heterocycles. The number of hydrogen-bond acceptors (Lipinski definition) is 5. The van der Waals surface area contributed by atoms with E-state index in [1.54, 1.807) is 11.8 Å². The van der Waals surface area contributed by atoms with E-state index in [4.69, 9.17) is 0 Å². The first-order chi connectivity index (χ1) is 7.38. The number of nitrogens with zero attached hydrogens (tertiary/aromatic N) is 3. The summed E-state index contributed by atoms with van der Waals surface area (Å²) in [6, 6.07) is -0.137. The smallest absolute Gasteiger partial charge is 0.235 e. The van der Waals surface area contributed by atoms with Crippen LogP contribution in [0.25, 0.3) is 0 Å². The summed E-state index contributed by atoms with van der Waals surface area (Å²) in [5.41, 5.74) is 0. The van der Waals surface area contributed by atoms with Gasteiger partial charge in [0.25, 0.3) is 10.0 Å². The molecular weight excluding hydrogens is 316 g/mol. The molecule has 0 aromatic carbocycles. The highest BCUT2D eigenvalue weighted by Gasteiger charge is 2.25. The number of hydrogen-bond donors (Lipinski definition) is 1. The Kier molecular flexibility index (Phi) is 4.77. The van der Waals surface area contributed by atoms with Crippen LogP contribution in [0.3, 0.4) is 0 Å². The SMILES string of the molecule is CSCC(C)NS(=O)(=O)c1c(Br)nnn1C. The zero-order valence-electron chi connectivity index (χ0n) is 9.14. The molecule has 0 spiro atoms. The van der Waals surface area contributed by atoms with Crippen molar-refractivity contribution >= 4 is 37.7 Å². The van der Waals surface area contributed by atoms with Crippen LogP contribution in [0.4, 0.5) is 0 Å². The monoisotopic (exact) mass is 328 g/mol. The minimum atomic E-state index is -3.57. The van der Waals surface area contributed by atoms with Gasteiger partial charge in [0.15, 0.2) is 4.60 Å². The second-order valence-corrected chi connectivity index (χ2v) is 6.58. The molecule has 0 saturated heterocycles. The highest BCUT2D eigenvalue weighted by Crippen LogP contribution is 2.18. The maximum Gasteiger partial charge on any atom is 0.260 e. The molecule has 1 aromatic rings. The van der Waals surface area contributed by atoms with Crippen LogP contribution in [0, 0.1) is 0 Å². The summed E-state index contributed by atoms with van der Waals surface area (Å²) in [6.07, 6.45) is 1.92. The molecule has 1 atom stereocenters. The molecule has 0 aliphatic carbocycles. The molecular formula is C7H13BrN4O2S2. The molecule has 1 heterocycles. The van der Waals surface area contributed by atoms with Gasteiger partial charge in [-0.15, -0.1) is 5.10 Å². The number of aromatic nitrogens is 3. The molecule has 92 valence electrons. The molecule has 1 N–H and O–H groups in total. The fourth-order valence-corrected chi connectivity index (χ4v) is 4.24. The first-order valence-corrected chi connectivity index (χ1v) is 8.12. The van der Waals surface area contributed by atoms with Gasteiger partial charge in [0.1, 0.15) is 0 Å². The molecule has 0 bridgehead atoms. The van der Waals surface area contributed by atoms with Gasteiger partial charge in [-0.25, -0.2) is 17.8 Å². The van der Waals surface area contributed by atoms with Gasteiger partial charge in [-0.2, -0.15) is 11.8 Å². The molecule has 6 nitrogen and oxygen atoms in total. The van der Waals surface area contributed by atoms with Gasteiger partial charge in [0, 0.05) is 18.8 Å². The second kappa shape index (κ2) is 5.48. The maximum atomic E-state index is 12.0. The Morgan fingerprint density at radius 1 is 1.62 bits per heavy atom. The molecule has 1 unspecified atom stereocenters. The third kappa shape index (κ3) is 3.19. The zero-order chi connectivity index (χ0) is 12.3. The minimum absolute atomic E-state index is 0.0421. The maximum absolute atomic E-state index is 12.0. The average Bonchev–Trinajstić information content (AvgIpc) is 2.45. The van der Waals surface area contributed by atoms with Crippen LogP contribution >= 0.6 is 27.7 Å². The fourth-order valence-electron chi connectivity index (χ4n) is 1.21. The number of nitrogens with one attached hydrogen (secondary N) is 1. The molecule has 0 amide bonds. The first-order valence-electron chi connectivity index (χ1n) is 4.45. The number of thioether (sulfide) groups is 1. The third-order valence-electron chi connectivity index (χ3n) is 1.76. The summed E-state index contributed by atoms with van der Waals surface area (Å²) in [4.78, 5) is 0. The summed E-state index contributed by atoms with van der Waals surface area (Å²) in [5.74, 6) is 0.710. The molecule has 0 radical (unpaired) electrons. The van der Waals surface area contributed by atoms with Crippen molar-refractivity contribution in [1.29, 1.82) is 0 Å². The van der Waals surface area contributed by atoms with Crippen molar-refractivity contribution in [1.82, 2.24) is 19.7 Å². The highest BCUT2D eigenvalue weighted by molar-refractivity contribution is 9.10. The van der Waals surface area contributed by atoms with E-state index in [-0.39, 0.29) is 15.7 Å². The first kappa shape index (κ1) is 13.9. The van der Waals surface area contributed by atoms with Crippen LogP contribution in [0.2, 0.25) is 0 Å². The van der Waals surface area contributed by atoms with E-state index in [0.717, 1.165) is 0 Å². The summed E-state index contributed by atoms with van der Waals surface area (Å²) in [5, 5.41) is 7.31. The van der Waals surface area contributed by atoms with E-state index >= 15 is 0 Å². The second-order valence-electron chi connectivity index (χ2n) is 3.29. The van der Waals surface area contributed by atoms with E-state index < -0.39 is 10.0 Å². The van der Waals surface area contributed by atoms with Crippen molar-refractivity contribution in [2.24, 2.45) is 7.05 Å². The predicted octanol–water partition coefficient (Wildman–Crippen LogP) is 0.607. The van der Waals surface area contributed by atoms with Crippen LogP contribution in [0.5, 0.6) is 0 Å². The van der Waals surface area contributed by atoms with Crippen molar-refractivity contribution in [2.75, 3.05) is 12.0 Å². The van der Waals surface area contributed by atoms with E-state index in [1.165, 1.54) is 11.7 Å². The molecule has 0 fully saturated rings. The van der Waals surface area contributed by atoms with E-state index in [2.05, 4.69) is 31.0 Å². The largest absolute Gasteiger partial charge is 0.260 e. The molecule has 0 aliphatic rings. The summed E-state index contributed by atoms with van der Waals surface area (Å²) < 4.78 is 27.9. The molecule has 9 heteroatoms. The normalized spacial score (nSPS) is 14.0. The quantitative estimate of drug-likeness (QED) is 0.856. The lowest BCUT2D eigenvalue weighted by Crippen LogP contribution is -2.35. The summed E-state index contributed by atoms with van der Waals surface area (Å²) in [6.45, 7) is 1.81. The predicted molar refractivity (Wildman–Crippen MR) is 66.9 cm³/mol. The number of halogens is 1. The Morgan fingerprint density at radius 3 is 2.69 bits per heavy atom. The van der Waals surface area contributed by atoms with Crippen LogP contribution < -0.4 is 4.72 Å². The van der Waals surface area contributed by atoms with Crippen LogP contribution in [-0.2, 0) is 17.1 Å². The standard InChI is InChI=1S/C7H13BrN4O2S2/c1-5(4-15-3)10-16(13,14)7-6(8)9-11-12(7)2/h5,10H,4H2,1-3H3. The Hall–Kier alpha value is -0.120. The number of aryl methyl sites for hydroxylation is 1. The summed E-state index contributed by atoms with van der Waals surface area (Å²) >= 11 is 4.64. The summed E-state index contributed by atoms with van der Waals surface area (Å²) in [7, 11) is -2.04. The van der Waals surface area contributed by atoms with Crippen molar-refractivity contribution < 1.29 is 8.42 Å². The van der Waals surface area contributed by atoms with Gasteiger partial charge in [0.05, 0.1) is 0 Å². The Labute approximate surface area is 107 Å². The van der Waals surface area contributed by atoms with Crippen molar-refractivity contribution in [3.63, 3.8) is 0 Å². The average molecular weight is 329 g/mol. The van der Waals surface area contributed by atoms with Gasteiger partial charge < -0.3 is 0 Å². The van der Waals surface area contributed by atoms with Gasteiger partial charge in [0.2, 0.25) is 5.03 Å². The molecule has 0 saturated carbocycles. The van der Waals surface area contributed by atoms with Gasteiger partial charge >= 0.3 is 0 Å². The third-order valence-corrected chi connectivity index (χ3v) is 5.07. The molecule has 1 rings (SSSR count). The van der Waals surface area contributed by atoms with E-state index in [9.17, 15) is 8.42 Å². The van der Waals surface area contributed by atoms with E-state index in [1.807, 2.05) is 13.2 Å². The van der Waals surface area contributed by atoms with Crippen LogP contribution in [-0.4, -0.2) is 41.5 Å². The Morgan fingerprint density at radius 2 is 2.25 bits per heavy atom. The topological polar surface area (TPSA) is 76.9 Å². The van der Waals surface area contributed by atoms with Gasteiger partial charge in [-0.1, -0.05) is 5.21 Å². The van der Waals surface area contributed by atoms with Crippen molar-refractivity contribution in [3.8, 4) is 0 Å².